The summed E-state index contributed by atoms with van der Waals surface area (Å²) in [6.45, 7) is 1.85. The van der Waals surface area contributed by atoms with Crippen molar-refractivity contribution in [2.45, 2.75) is 23.3 Å². The number of halogens is 1. The van der Waals surface area contributed by atoms with Gasteiger partial charge in [-0.15, -0.1) is 0 Å². The van der Waals surface area contributed by atoms with Gasteiger partial charge in [-0.25, -0.2) is 31.5 Å². The van der Waals surface area contributed by atoms with Gasteiger partial charge in [-0.1, -0.05) is 0 Å². The van der Waals surface area contributed by atoms with E-state index in [2.05, 4.69) is 30.6 Å². The van der Waals surface area contributed by atoms with Crippen molar-refractivity contribution < 1.29 is 16.8 Å². The van der Waals surface area contributed by atoms with Crippen LogP contribution >= 0.6 is 15.9 Å². The molecule has 0 saturated carbocycles. The summed E-state index contributed by atoms with van der Waals surface area (Å²) < 4.78 is 53.4. The molecule has 3 aromatic rings. The van der Waals surface area contributed by atoms with Crippen molar-refractivity contribution in [3.8, 4) is 5.82 Å². The average Bonchev–Trinajstić information content (AvgIpc) is 3.05. The second-order valence-corrected chi connectivity index (χ2v) is 10.7. The minimum atomic E-state index is -3.95. The molecule has 0 atom stereocenters. The number of sulfonamides is 1. The fourth-order valence-corrected chi connectivity index (χ4v) is 5.23. The number of sulfone groups is 1. The molecular formula is C17H17BrN4O4S2. The maximum atomic E-state index is 12.7. The Balaban J connectivity index is 1.86. The molecule has 0 spiro atoms. The first kappa shape index (κ1) is 20.6. The van der Waals surface area contributed by atoms with Gasteiger partial charge in [0.1, 0.15) is 11.6 Å². The van der Waals surface area contributed by atoms with E-state index in [9.17, 15) is 16.8 Å². The van der Waals surface area contributed by atoms with Gasteiger partial charge in [0.2, 0.25) is 10.0 Å². The van der Waals surface area contributed by atoms with Crippen LogP contribution in [0.3, 0.4) is 0 Å². The number of aromatic nitrogens is 3. The molecule has 0 aliphatic rings. The molecule has 1 N–H and O–H groups in total. The molecule has 0 bridgehead atoms. The fourth-order valence-electron chi connectivity index (χ4n) is 2.50. The minimum Gasteiger partial charge on any atom is -0.288 e. The van der Waals surface area contributed by atoms with Gasteiger partial charge in [-0.05, 0) is 58.7 Å². The van der Waals surface area contributed by atoms with Gasteiger partial charge in [0, 0.05) is 35.9 Å². The normalized spacial score (nSPS) is 12.2. The van der Waals surface area contributed by atoms with Crippen molar-refractivity contribution in [2.75, 3.05) is 6.26 Å². The van der Waals surface area contributed by atoms with Crippen LogP contribution in [0.2, 0.25) is 0 Å². The molecule has 2 aromatic heterocycles. The Kier molecular flexibility index (Phi) is 5.71. The van der Waals surface area contributed by atoms with Crippen LogP contribution in [0.4, 0.5) is 0 Å². The average molecular weight is 485 g/mol. The quantitative estimate of drug-likeness (QED) is 0.573. The van der Waals surface area contributed by atoms with Crippen LogP contribution in [-0.2, 0) is 26.4 Å². The van der Waals surface area contributed by atoms with Crippen molar-refractivity contribution in [1.82, 2.24) is 19.3 Å². The van der Waals surface area contributed by atoms with Gasteiger partial charge >= 0.3 is 0 Å². The summed E-state index contributed by atoms with van der Waals surface area (Å²) in [6.07, 6.45) is 6.02. The largest absolute Gasteiger partial charge is 0.288 e. The van der Waals surface area contributed by atoms with Crippen molar-refractivity contribution in [1.29, 1.82) is 0 Å². The van der Waals surface area contributed by atoms with E-state index < -0.39 is 19.9 Å². The van der Waals surface area contributed by atoms with Gasteiger partial charge in [-0.2, -0.15) is 0 Å². The summed E-state index contributed by atoms with van der Waals surface area (Å²) in [4.78, 5) is 8.20. The van der Waals surface area contributed by atoms with Crippen LogP contribution in [0.15, 0.2) is 63.2 Å². The Morgan fingerprint density at radius 3 is 2.46 bits per heavy atom. The number of nitrogens with one attached hydrogen (secondary N) is 1. The second-order valence-electron chi connectivity index (χ2n) is 6.06. The Bertz CT molecular complexity index is 1240. The molecule has 0 aliphatic carbocycles. The number of rotatable bonds is 6. The molecular weight excluding hydrogens is 468 g/mol. The van der Waals surface area contributed by atoms with Crippen LogP contribution in [0, 0.1) is 6.92 Å². The van der Waals surface area contributed by atoms with Crippen LogP contribution in [0.1, 0.15) is 11.4 Å². The maximum absolute atomic E-state index is 12.7. The lowest BCUT2D eigenvalue weighted by Crippen LogP contribution is -2.24. The molecule has 11 heteroatoms. The Hall–Kier alpha value is -2.08. The molecule has 0 fully saturated rings. The maximum Gasteiger partial charge on any atom is 0.242 e. The predicted octanol–water partition coefficient (Wildman–Crippen LogP) is 2.22. The predicted molar refractivity (Wildman–Crippen MR) is 107 cm³/mol. The number of benzene rings is 1. The van der Waals surface area contributed by atoms with Gasteiger partial charge in [0.25, 0.3) is 0 Å². The first-order valence-electron chi connectivity index (χ1n) is 8.02. The Morgan fingerprint density at radius 2 is 1.82 bits per heavy atom. The molecule has 0 aliphatic heterocycles. The first-order valence-corrected chi connectivity index (χ1v) is 12.2. The van der Waals surface area contributed by atoms with Gasteiger partial charge in [0.05, 0.1) is 9.79 Å². The third-order valence-electron chi connectivity index (χ3n) is 3.97. The lowest BCUT2D eigenvalue weighted by Gasteiger charge is -2.11. The third-order valence-corrected chi connectivity index (χ3v) is 7.47. The highest BCUT2D eigenvalue weighted by atomic mass is 79.9. The summed E-state index contributed by atoms with van der Waals surface area (Å²) in [5.41, 5.74) is 0.692. The Morgan fingerprint density at radius 1 is 1.07 bits per heavy atom. The monoisotopic (exact) mass is 484 g/mol. The molecule has 28 heavy (non-hydrogen) atoms. The molecule has 0 radical (unpaired) electrons. The van der Waals surface area contributed by atoms with Crippen LogP contribution in [0.5, 0.6) is 0 Å². The number of imidazole rings is 1. The zero-order valence-electron chi connectivity index (χ0n) is 15.0. The van der Waals surface area contributed by atoms with Gasteiger partial charge in [-0.3, -0.25) is 4.57 Å². The lowest BCUT2D eigenvalue weighted by molar-refractivity contribution is 0.580. The van der Waals surface area contributed by atoms with Crippen molar-refractivity contribution >= 4 is 35.8 Å². The van der Waals surface area contributed by atoms with E-state index in [1.807, 2.05) is 6.92 Å². The van der Waals surface area contributed by atoms with Gasteiger partial charge in [0.15, 0.2) is 9.84 Å². The number of pyridine rings is 1. The number of hydrogen-bond acceptors (Lipinski definition) is 6. The van der Waals surface area contributed by atoms with E-state index in [0.717, 1.165) is 18.1 Å². The number of aryl methyl sites for hydroxylation is 1. The third kappa shape index (κ3) is 4.49. The first-order chi connectivity index (χ1) is 13.1. The summed E-state index contributed by atoms with van der Waals surface area (Å²) >= 11 is 3.17. The summed E-state index contributed by atoms with van der Waals surface area (Å²) in [6, 6.07) is 7.33. The van der Waals surface area contributed by atoms with E-state index in [1.54, 1.807) is 35.3 Å². The summed E-state index contributed by atoms with van der Waals surface area (Å²) in [5.74, 6) is 1.37. The highest BCUT2D eigenvalue weighted by Gasteiger charge is 2.20. The van der Waals surface area contributed by atoms with E-state index in [0.29, 0.717) is 11.4 Å². The summed E-state index contributed by atoms with van der Waals surface area (Å²) in [5, 5.41) is 0. The zero-order chi connectivity index (χ0) is 20.5. The lowest BCUT2D eigenvalue weighted by atomic mass is 10.2. The van der Waals surface area contributed by atoms with Crippen LogP contribution in [0.25, 0.3) is 5.82 Å². The van der Waals surface area contributed by atoms with E-state index >= 15 is 0 Å². The molecule has 148 valence electrons. The van der Waals surface area contributed by atoms with Gasteiger partial charge < -0.3 is 0 Å². The highest BCUT2D eigenvalue weighted by molar-refractivity contribution is 9.10. The molecule has 1 aromatic carbocycles. The zero-order valence-corrected chi connectivity index (χ0v) is 18.2. The smallest absolute Gasteiger partial charge is 0.242 e. The van der Waals surface area contributed by atoms with Crippen LogP contribution in [-0.4, -0.2) is 37.6 Å². The molecule has 8 nitrogen and oxygen atoms in total. The highest BCUT2D eigenvalue weighted by Crippen LogP contribution is 2.25. The summed E-state index contributed by atoms with van der Waals surface area (Å²) in [7, 11) is -7.48. The van der Waals surface area contributed by atoms with Crippen molar-refractivity contribution in [3.05, 3.63) is 64.8 Å². The topological polar surface area (TPSA) is 111 Å². The van der Waals surface area contributed by atoms with E-state index in [-0.39, 0.29) is 20.8 Å². The molecule has 2 heterocycles. The molecule has 3 rings (SSSR count). The number of nitrogens with zero attached hydrogens (tertiary/aromatic N) is 3. The number of hydrogen-bond donors (Lipinski definition) is 1. The van der Waals surface area contributed by atoms with E-state index in [4.69, 9.17) is 0 Å². The van der Waals surface area contributed by atoms with Crippen molar-refractivity contribution in [2.24, 2.45) is 0 Å². The van der Waals surface area contributed by atoms with Crippen LogP contribution < -0.4 is 4.72 Å². The van der Waals surface area contributed by atoms with Crippen molar-refractivity contribution in [3.63, 3.8) is 0 Å². The van der Waals surface area contributed by atoms with E-state index in [1.165, 1.54) is 12.1 Å². The Labute approximate surface area is 171 Å². The molecule has 0 saturated heterocycles. The molecule has 0 amide bonds. The molecule has 0 unspecified atom stereocenters. The second kappa shape index (κ2) is 7.74. The SMILES string of the molecule is Cc1nccn1-c1cc(CNS(=O)(=O)c2cc(S(C)(=O)=O)ccc2Br)ccn1. The minimum absolute atomic E-state index is 0.0150. The standard InChI is InChI=1S/C17H17BrN4O4S2/c1-12-19-7-8-22(12)17-9-13(5-6-20-17)11-21-28(25,26)16-10-14(27(2,23)24)3-4-15(16)18/h3-10,21H,11H2,1-2H3. The fraction of sp³-hybridized carbons (Fsp3) is 0.176.